The molecule has 0 bridgehead atoms. The Morgan fingerprint density at radius 3 is 2.75 bits per heavy atom. The number of ether oxygens (including phenoxy) is 1. The van der Waals surface area contributed by atoms with Crippen molar-refractivity contribution in [3.8, 4) is 5.75 Å². The van der Waals surface area contributed by atoms with Gasteiger partial charge in [0.25, 0.3) is 0 Å². The summed E-state index contributed by atoms with van der Waals surface area (Å²) in [5.74, 6) is 0.929. The highest BCUT2D eigenvalue weighted by Crippen LogP contribution is 2.12. The summed E-state index contributed by atoms with van der Waals surface area (Å²) in [6, 6.07) is 3.32. The van der Waals surface area contributed by atoms with Crippen LogP contribution in [-0.4, -0.2) is 31.5 Å². The molecule has 6 heteroatoms. The summed E-state index contributed by atoms with van der Waals surface area (Å²) >= 11 is 5.61. The number of sulfone groups is 1. The summed E-state index contributed by atoms with van der Waals surface area (Å²) in [6.07, 6.45) is 2.00. The SMILES string of the molecule is CCS(=O)(=O)CCCOc1ccc(Cl)nc1. The van der Waals surface area contributed by atoms with Gasteiger partial charge < -0.3 is 4.74 Å². The van der Waals surface area contributed by atoms with E-state index in [2.05, 4.69) is 4.98 Å². The number of rotatable bonds is 6. The molecule has 1 aromatic rings. The van der Waals surface area contributed by atoms with Gasteiger partial charge in [-0.25, -0.2) is 13.4 Å². The number of pyridine rings is 1. The normalized spacial score (nSPS) is 11.4. The van der Waals surface area contributed by atoms with Crippen LogP contribution in [0.2, 0.25) is 5.15 Å². The Kier molecular flexibility index (Phi) is 5.02. The number of hydrogen-bond acceptors (Lipinski definition) is 4. The Hall–Kier alpha value is -0.810. The summed E-state index contributed by atoms with van der Waals surface area (Å²) in [5.41, 5.74) is 0. The zero-order chi connectivity index (χ0) is 12.0. The molecular weight excluding hydrogens is 250 g/mol. The summed E-state index contributed by atoms with van der Waals surface area (Å²) in [7, 11) is -2.90. The first-order chi connectivity index (χ1) is 7.53. The quantitative estimate of drug-likeness (QED) is 0.581. The smallest absolute Gasteiger partial charge is 0.150 e. The van der Waals surface area contributed by atoms with Crippen LogP contribution < -0.4 is 4.74 Å². The lowest BCUT2D eigenvalue weighted by Crippen LogP contribution is -2.11. The molecule has 0 spiro atoms. The van der Waals surface area contributed by atoms with Crippen LogP contribution >= 0.6 is 11.6 Å². The second-order valence-corrected chi connectivity index (χ2v) is 6.11. The number of halogens is 1. The summed E-state index contributed by atoms with van der Waals surface area (Å²) in [5, 5.41) is 0.404. The van der Waals surface area contributed by atoms with Crippen LogP contribution in [0.15, 0.2) is 18.3 Å². The van der Waals surface area contributed by atoms with Crippen molar-refractivity contribution in [2.75, 3.05) is 18.1 Å². The second kappa shape index (κ2) is 6.06. The third kappa shape index (κ3) is 4.81. The van der Waals surface area contributed by atoms with Gasteiger partial charge in [0.05, 0.1) is 18.6 Å². The van der Waals surface area contributed by atoms with Gasteiger partial charge in [0, 0.05) is 5.75 Å². The van der Waals surface area contributed by atoms with E-state index in [0.717, 1.165) is 0 Å². The van der Waals surface area contributed by atoms with Crippen LogP contribution in [0.1, 0.15) is 13.3 Å². The predicted molar refractivity (Wildman–Crippen MR) is 63.7 cm³/mol. The van der Waals surface area contributed by atoms with Crippen molar-refractivity contribution in [2.45, 2.75) is 13.3 Å². The lowest BCUT2D eigenvalue weighted by molar-refractivity contribution is 0.316. The molecule has 90 valence electrons. The minimum atomic E-state index is -2.90. The molecule has 0 saturated carbocycles. The van der Waals surface area contributed by atoms with Gasteiger partial charge in [0.2, 0.25) is 0 Å². The minimum Gasteiger partial charge on any atom is -0.492 e. The maximum Gasteiger partial charge on any atom is 0.150 e. The standard InChI is InChI=1S/C10H14ClNO3S/c1-2-16(13,14)7-3-6-15-9-4-5-10(11)12-8-9/h4-5,8H,2-3,6-7H2,1H3. The van der Waals surface area contributed by atoms with Gasteiger partial charge >= 0.3 is 0 Å². The Labute approximate surface area is 101 Å². The molecule has 1 heterocycles. The summed E-state index contributed by atoms with van der Waals surface area (Å²) < 4.78 is 27.7. The first-order valence-electron chi connectivity index (χ1n) is 4.98. The summed E-state index contributed by atoms with van der Waals surface area (Å²) in [6.45, 7) is 2.00. The molecule has 0 amide bonds. The van der Waals surface area contributed by atoms with Crippen LogP contribution in [0.4, 0.5) is 0 Å². The van der Waals surface area contributed by atoms with Gasteiger partial charge in [0.1, 0.15) is 20.7 Å². The van der Waals surface area contributed by atoms with Crippen molar-refractivity contribution in [3.05, 3.63) is 23.5 Å². The van der Waals surface area contributed by atoms with E-state index in [1.54, 1.807) is 19.1 Å². The van der Waals surface area contributed by atoms with Gasteiger partial charge in [-0.05, 0) is 18.6 Å². The summed E-state index contributed by atoms with van der Waals surface area (Å²) in [4.78, 5) is 3.84. The monoisotopic (exact) mass is 263 g/mol. The molecular formula is C10H14ClNO3S. The molecule has 0 atom stereocenters. The van der Waals surface area contributed by atoms with E-state index in [1.807, 2.05) is 0 Å². The third-order valence-electron chi connectivity index (χ3n) is 2.01. The van der Waals surface area contributed by atoms with Crippen LogP contribution in [0.5, 0.6) is 5.75 Å². The first kappa shape index (κ1) is 13.3. The molecule has 1 rings (SSSR count). The fourth-order valence-electron chi connectivity index (χ4n) is 1.06. The molecule has 0 aliphatic rings. The van der Waals surface area contributed by atoms with Crippen molar-refractivity contribution in [1.82, 2.24) is 4.98 Å². The van der Waals surface area contributed by atoms with Crippen LogP contribution in [0, 0.1) is 0 Å². The van der Waals surface area contributed by atoms with E-state index in [4.69, 9.17) is 16.3 Å². The van der Waals surface area contributed by atoms with Gasteiger partial charge in [-0.1, -0.05) is 18.5 Å². The van der Waals surface area contributed by atoms with Crippen molar-refractivity contribution < 1.29 is 13.2 Å². The average molecular weight is 264 g/mol. The molecule has 0 radical (unpaired) electrons. The zero-order valence-corrected chi connectivity index (χ0v) is 10.6. The molecule has 0 aliphatic heterocycles. The predicted octanol–water partition coefficient (Wildman–Crippen LogP) is 1.94. The van der Waals surface area contributed by atoms with E-state index < -0.39 is 9.84 Å². The number of aromatic nitrogens is 1. The topological polar surface area (TPSA) is 56.3 Å². The van der Waals surface area contributed by atoms with E-state index in [1.165, 1.54) is 6.20 Å². The molecule has 16 heavy (non-hydrogen) atoms. The van der Waals surface area contributed by atoms with E-state index in [-0.39, 0.29) is 11.5 Å². The number of nitrogens with zero attached hydrogens (tertiary/aromatic N) is 1. The van der Waals surface area contributed by atoms with E-state index in [9.17, 15) is 8.42 Å². The van der Waals surface area contributed by atoms with E-state index in [0.29, 0.717) is 23.9 Å². The number of hydrogen-bond donors (Lipinski definition) is 0. The largest absolute Gasteiger partial charge is 0.492 e. The average Bonchev–Trinajstić information content (AvgIpc) is 2.27. The Balaban J connectivity index is 2.29. The fraction of sp³-hybridized carbons (Fsp3) is 0.500. The fourth-order valence-corrected chi connectivity index (χ4v) is 2.02. The van der Waals surface area contributed by atoms with Crippen LogP contribution in [0.3, 0.4) is 0 Å². The molecule has 4 nitrogen and oxygen atoms in total. The van der Waals surface area contributed by atoms with Gasteiger partial charge in [0.15, 0.2) is 0 Å². The molecule has 0 saturated heterocycles. The van der Waals surface area contributed by atoms with Gasteiger partial charge in [-0.15, -0.1) is 0 Å². The molecule has 0 fully saturated rings. The second-order valence-electron chi connectivity index (χ2n) is 3.26. The highest BCUT2D eigenvalue weighted by molar-refractivity contribution is 7.91. The Bertz CT molecular complexity index is 416. The lowest BCUT2D eigenvalue weighted by Gasteiger charge is -2.05. The van der Waals surface area contributed by atoms with Crippen molar-refractivity contribution in [1.29, 1.82) is 0 Å². The minimum absolute atomic E-state index is 0.157. The molecule has 1 aromatic heterocycles. The van der Waals surface area contributed by atoms with Gasteiger partial charge in [-0.2, -0.15) is 0 Å². The Morgan fingerprint density at radius 2 is 2.19 bits per heavy atom. The molecule has 0 unspecified atom stereocenters. The Morgan fingerprint density at radius 1 is 1.44 bits per heavy atom. The maximum atomic E-state index is 11.2. The van der Waals surface area contributed by atoms with Crippen LogP contribution in [0.25, 0.3) is 0 Å². The maximum absolute atomic E-state index is 11.2. The van der Waals surface area contributed by atoms with Crippen LogP contribution in [-0.2, 0) is 9.84 Å². The van der Waals surface area contributed by atoms with Gasteiger partial charge in [-0.3, -0.25) is 0 Å². The third-order valence-corrected chi connectivity index (χ3v) is 4.02. The zero-order valence-electron chi connectivity index (χ0n) is 9.02. The molecule has 0 aromatic carbocycles. The van der Waals surface area contributed by atoms with Crippen molar-refractivity contribution in [2.24, 2.45) is 0 Å². The first-order valence-corrected chi connectivity index (χ1v) is 7.18. The van der Waals surface area contributed by atoms with E-state index >= 15 is 0 Å². The highest BCUT2D eigenvalue weighted by Gasteiger charge is 2.06. The van der Waals surface area contributed by atoms with Crippen molar-refractivity contribution in [3.63, 3.8) is 0 Å². The molecule has 0 N–H and O–H groups in total. The van der Waals surface area contributed by atoms with Crippen molar-refractivity contribution >= 4 is 21.4 Å². The highest BCUT2D eigenvalue weighted by atomic mass is 35.5. The molecule has 0 aliphatic carbocycles. The lowest BCUT2D eigenvalue weighted by atomic mass is 10.4.